The second kappa shape index (κ2) is 7.99. The lowest BCUT2D eigenvalue weighted by Gasteiger charge is -2.16. The first-order valence-corrected chi connectivity index (χ1v) is 9.74. The molecule has 0 aliphatic heterocycles. The molecule has 8 heteroatoms. The summed E-state index contributed by atoms with van der Waals surface area (Å²) >= 11 is 3.31. The van der Waals surface area contributed by atoms with Gasteiger partial charge < -0.3 is 10.1 Å². The Labute approximate surface area is 155 Å². The molecule has 2 N–H and O–H groups in total. The highest BCUT2D eigenvalue weighted by atomic mass is 79.9. The van der Waals surface area contributed by atoms with Crippen LogP contribution in [0.2, 0.25) is 0 Å². The second-order valence-corrected chi connectivity index (χ2v) is 8.09. The molecule has 0 unspecified atom stereocenters. The summed E-state index contributed by atoms with van der Waals surface area (Å²) in [7, 11) is -2.52. The Hall–Kier alpha value is -1.90. The minimum Gasteiger partial charge on any atom is -0.495 e. The van der Waals surface area contributed by atoms with E-state index in [2.05, 4.69) is 26.0 Å². The number of carbonyl (C=O) groups is 1. The van der Waals surface area contributed by atoms with Gasteiger partial charge in [-0.3, -0.25) is 4.79 Å². The van der Waals surface area contributed by atoms with Gasteiger partial charge in [0.1, 0.15) is 10.6 Å². The molecule has 0 fully saturated rings. The van der Waals surface area contributed by atoms with Crippen LogP contribution in [0.3, 0.4) is 0 Å². The summed E-state index contributed by atoms with van der Waals surface area (Å²) < 4.78 is 33.5. The number of rotatable bonds is 6. The van der Waals surface area contributed by atoms with Crippen molar-refractivity contribution in [2.45, 2.75) is 24.8 Å². The van der Waals surface area contributed by atoms with Gasteiger partial charge in [-0.15, -0.1) is 0 Å². The molecule has 0 aromatic heterocycles. The summed E-state index contributed by atoms with van der Waals surface area (Å²) in [4.78, 5) is 12.3. The summed E-state index contributed by atoms with van der Waals surface area (Å²) in [5, 5.41) is 2.67. The predicted octanol–water partition coefficient (Wildman–Crippen LogP) is 3.07. The Bertz CT molecular complexity index is 884. The number of sulfonamides is 1. The number of hydrogen-bond acceptors (Lipinski definition) is 4. The molecule has 0 saturated carbocycles. The number of methoxy groups -OCH3 is 1. The zero-order valence-electron chi connectivity index (χ0n) is 14.0. The number of aryl methyl sites for hydroxylation is 1. The number of nitrogens with one attached hydrogen (secondary N) is 2. The van der Waals surface area contributed by atoms with Crippen LogP contribution in [0.15, 0.2) is 51.8 Å². The van der Waals surface area contributed by atoms with Crippen molar-refractivity contribution in [3.63, 3.8) is 0 Å². The molecule has 134 valence electrons. The zero-order valence-corrected chi connectivity index (χ0v) is 16.4. The first-order valence-electron chi connectivity index (χ1n) is 7.46. The molecule has 2 aromatic rings. The third-order valence-corrected chi connectivity index (χ3v) is 5.48. The molecule has 0 aliphatic carbocycles. The quantitative estimate of drug-likeness (QED) is 0.742. The summed E-state index contributed by atoms with van der Waals surface area (Å²) in [6.45, 7) is 3.26. The number of halogens is 1. The van der Waals surface area contributed by atoms with Crippen LogP contribution in [0, 0.1) is 6.92 Å². The van der Waals surface area contributed by atoms with Crippen LogP contribution < -0.4 is 14.8 Å². The number of hydrogen-bond donors (Lipinski definition) is 2. The summed E-state index contributed by atoms with van der Waals surface area (Å²) in [5.74, 6) is -0.244. The maximum absolute atomic E-state index is 12.6. The molecule has 0 spiro atoms. The highest BCUT2D eigenvalue weighted by molar-refractivity contribution is 9.10. The standard InChI is InChI=1S/C17H19BrN2O4S/c1-11-7-8-15(24-3)16(9-11)25(22,23)20-12(2)17(21)19-14-6-4-5-13(18)10-14/h4-10,12,20H,1-3H3,(H,19,21)/t12-/m0/s1. The van der Waals surface area contributed by atoms with Gasteiger partial charge in [-0.1, -0.05) is 28.1 Å². The van der Waals surface area contributed by atoms with Crippen molar-refractivity contribution in [1.29, 1.82) is 0 Å². The molecule has 0 bridgehead atoms. The van der Waals surface area contributed by atoms with Crippen molar-refractivity contribution in [2.75, 3.05) is 12.4 Å². The van der Waals surface area contributed by atoms with Gasteiger partial charge in [0.05, 0.1) is 13.2 Å². The van der Waals surface area contributed by atoms with Gasteiger partial charge in [0.2, 0.25) is 15.9 Å². The van der Waals surface area contributed by atoms with Gasteiger partial charge in [-0.05, 0) is 49.7 Å². The fourth-order valence-corrected chi connectivity index (χ4v) is 4.02. The fourth-order valence-electron chi connectivity index (χ4n) is 2.16. The van der Waals surface area contributed by atoms with Crippen molar-refractivity contribution >= 4 is 37.5 Å². The Morgan fingerprint density at radius 1 is 1.20 bits per heavy atom. The number of ether oxygens (including phenoxy) is 1. The minimum absolute atomic E-state index is 0.00268. The van der Waals surface area contributed by atoms with Crippen LogP contribution in [0.5, 0.6) is 5.75 Å². The maximum Gasteiger partial charge on any atom is 0.244 e. The molecule has 0 heterocycles. The van der Waals surface area contributed by atoms with E-state index in [9.17, 15) is 13.2 Å². The van der Waals surface area contributed by atoms with E-state index in [1.54, 1.807) is 37.3 Å². The smallest absolute Gasteiger partial charge is 0.244 e. The monoisotopic (exact) mass is 426 g/mol. The molecule has 0 aliphatic rings. The highest BCUT2D eigenvalue weighted by Crippen LogP contribution is 2.25. The topological polar surface area (TPSA) is 84.5 Å². The summed E-state index contributed by atoms with van der Waals surface area (Å²) in [5.41, 5.74) is 1.34. The molecule has 2 aromatic carbocycles. The minimum atomic E-state index is -3.92. The lowest BCUT2D eigenvalue weighted by Crippen LogP contribution is -2.41. The van der Waals surface area contributed by atoms with E-state index in [0.29, 0.717) is 5.69 Å². The average molecular weight is 427 g/mol. The zero-order chi connectivity index (χ0) is 18.6. The van der Waals surface area contributed by atoms with Crippen LogP contribution >= 0.6 is 15.9 Å². The molecular formula is C17H19BrN2O4S. The van der Waals surface area contributed by atoms with Crippen molar-refractivity contribution in [3.05, 3.63) is 52.5 Å². The van der Waals surface area contributed by atoms with E-state index < -0.39 is 22.0 Å². The van der Waals surface area contributed by atoms with Gasteiger partial charge in [-0.25, -0.2) is 8.42 Å². The number of benzene rings is 2. The van der Waals surface area contributed by atoms with E-state index >= 15 is 0 Å². The van der Waals surface area contributed by atoms with E-state index in [4.69, 9.17) is 4.74 Å². The number of amides is 1. The van der Waals surface area contributed by atoms with Gasteiger partial charge in [0.15, 0.2) is 0 Å². The predicted molar refractivity (Wildman–Crippen MR) is 100 cm³/mol. The van der Waals surface area contributed by atoms with Crippen LogP contribution in [0.1, 0.15) is 12.5 Å². The Morgan fingerprint density at radius 3 is 2.56 bits per heavy atom. The SMILES string of the molecule is COc1ccc(C)cc1S(=O)(=O)N[C@@H](C)C(=O)Nc1cccc(Br)c1. The van der Waals surface area contributed by atoms with E-state index in [1.165, 1.54) is 20.1 Å². The molecular weight excluding hydrogens is 408 g/mol. The van der Waals surface area contributed by atoms with Gasteiger partial charge in [-0.2, -0.15) is 4.72 Å². The molecule has 0 radical (unpaired) electrons. The molecule has 25 heavy (non-hydrogen) atoms. The Kier molecular flexibility index (Phi) is 6.21. The van der Waals surface area contributed by atoms with Crippen LogP contribution in [-0.2, 0) is 14.8 Å². The lowest BCUT2D eigenvalue weighted by molar-refractivity contribution is -0.117. The Morgan fingerprint density at radius 2 is 1.92 bits per heavy atom. The molecule has 0 saturated heterocycles. The first kappa shape index (κ1) is 19.4. The van der Waals surface area contributed by atoms with E-state index in [1.807, 2.05) is 6.07 Å². The summed E-state index contributed by atoms with van der Waals surface area (Å²) in [6.07, 6.45) is 0. The number of carbonyl (C=O) groups excluding carboxylic acids is 1. The van der Waals surface area contributed by atoms with Crippen molar-refractivity contribution < 1.29 is 17.9 Å². The second-order valence-electron chi connectivity index (χ2n) is 5.50. The van der Waals surface area contributed by atoms with Crippen LogP contribution in [-0.4, -0.2) is 27.5 Å². The van der Waals surface area contributed by atoms with Gasteiger partial charge in [0, 0.05) is 10.2 Å². The van der Waals surface area contributed by atoms with Gasteiger partial charge in [0.25, 0.3) is 0 Å². The molecule has 1 atom stereocenters. The van der Waals surface area contributed by atoms with Crippen LogP contribution in [0.25, 0.3) is 0 Å². The maximum atomic E-state index is 12.6. The van der Waals surface area contributed by atoms with Crippen LogP contribution in [0.4, 0.5) is 5.69 Å². The molecule has 6 nitrogen and oxygen atoms in total. The van der Waals surface area contributed by atoms with Crippen molar-refractivity contribution in [1.82, 2.24) is 4.72 Å². The normalized spacial score (nSPS) is 12.5. The Balaban J connectivity index is 2.17. The van der Waals surface area contributed by atoms with Crippen molar-refractivity contribution in [3.8, 4) is 5.75 Å². The summed E-state index contributed by atoms with van der Waals surface area (Å²) in [6, 6.07) is 10.9. The van der Waals surface area contributed by atoms with Gasteiger partial charge >= 0.3 is 0 Å². The third-order valence-electron chi connectivity index (χ3n) is 3.43. The molecule has 1 amide bonds. The third kappa shape index (κ3) is 5.04. The fraction of sp³-hybridized carbons (Fsp3) is 0.235. The van der Waals surface area contributed by atoms with E-state index in [0.717, 1.165) is 10.0 Å². The highest BCUT2D eigenvalue weighted by Gasteiger charge is 2.25. The lowest BCUT2D eigenvalue weighted by atomic mass is 10.2. The number of anilines is 1. The largest absolute Gasteiger partial charge is 0.495 e. The van der Waals surface area contributed by atoms with E-state index in [-0.39, 0.29) is 10.6 Å². The first-order chi connectivity index (χ1) is 11.7. The molecule has 2 rings (SSSR count). The average Bonchev–Trinajstić information content (AvgIpc) is 2.54. The van der Waals surface area contributed by atoms with Crippen molar-refractivity contribution in [2.24, 2.45) is 0 Å².